The number of benzene rings is 1. The molecule has 4 N–H and O–H groups in total. The van der Waals surface area contributed by atoms with E-state index < -0.39 is 15.8 Å². The minimum absolute atomic E-state index is 0.0348. The zero-order valence-electron chi connectivity index (χ0n) is 9.52. The molecule has 0 saturated carbocycles. The molecule has 0 spiro atoms. The van der Waals surface area contributed by atoms with Crippen LogP contribution in [0, 0.1) is 5.82 Å². The standard InChI is InChI=1S/C10H10ClFN4O2S/c11-7-3-6(1-2-8(7)12)4-15-19(17,18)9-5-14-16-10(9)13/h1-3,5,15H,4H2,(H3,13,14,16). The molecule has 9 heteroatoms. The van der Waals surface area contributed by atoms with Crippen LogP contribution >= 0.6 is 11.6 Å². The lowest BCUT2D eigenvalue weighted by atomic mass is 10.2. The molecule has 0 aliphatic rings. The summed E-state index contributed by atoms with van der Waals surface area (Å²) in [6.07, 6.45) is 1.11. The Morgan fingerprint density at radius 2 is 2.21 bits per heavy atom. The highest BCUT2D eigenvalue weighted by atomic mass is 35.5. The van der Waals surface area contributed by atoms with Gasteiger partial charge < -0.3 is 5.73 Å². The number of nitrogens with two attached hydrogens (primary N) is 1. The van der Waals surface area contributed by atoms with Gasteiger partial charge in [0.05, 0.1) is 11.2 Å². The first-order valence-corrected chi connectivity index (χ1v) is 6.98. The number of nitrogens with one attached hydrogen (secondary N) is 2. The molecule has 2 aromatic rings. The van der Waals surface area contributed by atoms with Gasteiger partial charge in [-0.25, -0.2) is 17.5 Å². The molecule has 2 rings (SSSR count). The quantitative estimate of drug-likeness (QED) is 0.791. The Balaban J connectivity index is 2.14. The molecule has 1 aromatic heterocycles. The van der Waals surface area contributed by atoms with Crippen molar-refractivity contribution in [2.45, 2.75) is 11.4 Å². The predicted octanol–water partition coefficient (Wildman–Crippen LogP) is 1.26. The number of nitrogen functional groups attached to an aromatic ring is 1. The predicted molar refractivity (Wildman–Crippen MR) is 68.4 cm³/mol. The Hall–Kier alpha value is -1.64. The zero-order valence-corrected chi connectivity index (χ0v) is 11.1. The molecule has 0 atom stereocenters. The Kier molecular flexibility index (Phi) is 3.74. The third-order valence-corrected chi connectivity index (χ3v) is 4.09. The summed E-state index contributed by atoms with van der Waals surface area (Å²) in [7, 11) is -3.77. The smallest absolute Gasteiger partial charge is 0.246 e. The van der Waals surface area contributed by atoms with Crippen molar-refractivity contribution in [1.29, 1.82) is 0 Å². The van der Waals surface area contributed by atoms with Gasteiger partial charge in [0.2, 0.25) is 10.0 Å². The maximum Gasteiger partial charge on any atom is 0.246 e. The van der Waals surface area contributed by atoms with Crippen molar-refractivity contribution >= 4 is 27.4 Å². The molecule has 6 nitrogen and oxygen atoms in total. The van der Waals surface area contributed by atoms with Crippen LogP contribution in [0.25, 0.3) is 0 Å². The van der Waals surface area contributed by atoms with E-state index in [0.717, 1.165) is 12.3 Å². The third-order valence-electron chi connectivity index (χ3n) is 2.37. The number of halogens is 2. The average molecular weight is 305 g/mol. The van der Waals surface area contributed by atoms with Crippen LogP contribution in [-0.4, -0.2) is 18.6 Å². The van der Waals surface area contributed by atoms with Gasteiger partial charge in [-0.3, -0.25) is 5.10 Å². The number of hydrogen-bond donors (Lipinski definition) is 3. The van der Waals surface area contributed by atoms with Crippen molar-refractivity contribution in [3.63, 3.8) is 0 Å². The molecular formula is C10H10ClFN4O2S. The second kappa shape index (κ2) is 5.16. The fraction of sp³-hybridized carbons (Fsp3) is 0.100. The minimum Gasteiger partial charge on any atom is -0.383 e. The molecule has 0 aliphatic carbocycles. The summed E-state index contributed by atoms with van der Waals surface area (Å²) in [5, 5.41) is 5.79. The van der Waals surface area contributed by atoms with Crippen molar-refractivity contribution in [2.75, 3.05) is 5.73 Å². The SMILES string of the molecule is Nc1[nH]ncc1S(=O)(=O)NCc1ccc(F)c(Cl)c1. The molecule has 0 aliphatic heterocycles. The van der Waals surface area contributed by atoms with Crippen LogP contribution in [0.3, 0.4) is 0 Å². The lowest BCUT2D eigenvalue weighted by Gasteiger charge is -2.06. The van der Waals surface area contributed by atoms with Crippen LogP contribution in [0.1, 0.15) is 5.56 Å². The van der Waals surface area contributed by atoms with Gasteiger partial charge >= 0.3 is 0 Å². The van der Waals surface area contributed by atoms with Gasteiger partial charge in [0.1, 0.15) is 16.5 Å². The zero-order chi connectivity index (χ0) is 14.0. The largest absolute Gasteiger partial charge is 0.383 e. The number of aromatic nitrogens is 2. The van der Waals surface area contributed by atoms with Crippen LogP contribution in [0.5, 0.6) is 0 Å². The first-order valence-electron chi connectivity index (χ1n) is 5.12. The summed E-state index contributed by atoms with van der Waals surface area (Å²) in [6.45, 7) is -0.0348. The van der Waals surface area contributed by atoms with E-state index in [9.17, 15) is 12.8 Å². The van der Waals surface area contributed by atoms with Crippen LogP contribution in [0.15, 0.2) is 29.3 Å². The summed E-state index contributed by atoms with van der Waals surface area (Å²) < 4.78 is 39.0. The Morgan fingerprint density at radius 3 is 2.79 bits per heavy atom. The molecule has 19 heavy (non-hydrogen) atoms. The lowest BCUT2D eigenvalue weighted by molar-refractivity contribution is 0.581. The first kappa shape index (κ1) is 13.8. The van der Waals surface area contributed by atoms with Crippen molar-refractivity contribution in [3.8, 4) is 0 Å². The van der Waals surface area contributed by atoms with Gasteiger partial charge in [-0.15, -0.1) is 0 Å². The van der Waals surface area contributed by atoms with Gasteiger partial charge in [-0.05, 0) is 17.7 Å². The summed E-state index contributed by atoms with van der Waals surface area (Å²) in [5.74, 6) is -0.614. The fourth-order valence-corrected chi connectivity index (χ4v) is 2.65. The second-order valence-electron chi connectivity index (χ2n) is 3.72. The van der Waals surface area contributed by atoms with E-state index in [0.29, 0.717) is 5.56 Å². The number of anilines is 1. The summed E-state index contributed by atoms with van der Waals surface area (Å²) in [5.41, 5.74) is 5.96. The fourth-order valence-electron chi connectivity index (χ4n) is 1.40. The van der Waals surface area contributed by atoms with Gasteiger partial charge in [0.15, 0.2) is 0 Å². The highest BCUT2D eigenvalue weighted by Crippen LogP contribution is 2.17. The average Bonchev–Trinajstić information content (AvgIpc) is 2.78. The van der Waals surface area contributed by atoms with Crippen molar-refractivity contribution in [1.82, 2.24) is 14.9 Å². The molecule has 0 amide bonds. The number of nitrogens with zero attached hydrogens (tertiary/aromatic N) is 1. The number of hydrogen-bond acceptors (Lipinski definition) is 4. The van der Waals surface area contributed by atoms with E-state index in [4.69, 9.17) is 17.3 Å². The molecule has 0 bridgehead atoms. The van der Waals surface area contributed by atoms with Crippen LogP contribution in [0.2, 0.25) is 5.02 Å². The highest BCUT2D eigenvalue weighted by molar-refractivity contribution is 7.89. The normalized spacial score (nSPS) is 11.7. The van der Waals surface area contributed by atoms with E-state index >= 15 is 0 Å². The molecule has 0 saturated heterocycles. The first-order chi connectivity index (χ1) is 8.90. The Labute approximate surface area is 113 Å². The van der Waals surface area contributed by atoms with Gasteiger partial charge in [-0.2, -0.15) is 5.10 Å². The molecule has 0 unspecified atom stereocenters. The number of H-pyrrole nitrogens is 1. The minimum atomic E-state index is -3.77. The van der Waals surface area contributed by atoms with Gasteiger partial charge in [0, 0.05) is 6.54 Å². The van der Waals surface area contributed by atoms with Crippen molar-refractivity contribution in [3.05, 3.63) is 40.8 Å². The Morgan fingerprint density at radius 1 is 1.47 bits per heavy atom. The van der Waals surface area contributed by atoms with Crippen LogP contribution in [0.4, 0.5) is 10.2 Å². The topological polar surface area (TPSA) is 101 Å². The van der Waals surface area contributed by atoms with Crippen LogP contribution in [-0.2, 0) is 16.6 Å². The summed E-state index contributed by atoms with van der Waals surface area (Å²) in [6, 6.07) is 3.94. The number of rotatable bonds is 4. The van der Waals surface area contributed by atoms with E-state index in [-0.39, 0.29) is 22.3 Å². The molecule has 1 heterocycles. The Bertz CT molecular complexity index is 701. The lowest BCUT2D eigenvalue weighted by Crippen LogP contribution is -2.23. The maximum atomic E-state index is 12.9. The summed E-state index contributed by atoms with van der Waals surface area (Å²) in [4.78, 5) is -0.138. The number of sulfonamides is 1. The number of aromatic amines is 1. The monoisotopic (exact) mass is 304 g/mol. The summed E-state index contributed by atoms with van der Waals surface area (Å²) >= 11 is 5.60. The van der Waals surface area contributed by atoms with Crippen LogP contribution < -0.4 is 10.5 Å². The molecular weight excluding hydrogens is 295 g/mol. The maximum absolute atomic E-state index is 12.9. The van der Waals surface area contributed by atoms with E-state index in [1.165, 1.54) is 12.1 Å². The van der Waals surface area contributed by atoms with E-state index in [1.54, 1.807) is 0 Å². The molecule has 0 fully saturated rings. The molecule has 1 aromatic carbocycles. The van der Waals surface area contributed by atoms with Crippen molar-refractivity contribution in [2.24, 2.45) is 0 Å². The van der Waals surface area contributed by atoms with Crippen molar-refractivity contribution < 1.29 is 12.8 Å². The second-order valence-corrected chi connectivity index (χ2v) is 5.86. The van der Waals surface area contributed by atoms with Gasteiger partial charge in [0.25, 0.3) is 0 Å². The van der Waals surface area contributed by atoms with Gasteiger partial charge in [-0.1, -0.05) is 17.7 Å². The highest BCUT2D eigenvalue weighted by Gasteiger charge is 2.18. The van der Waals surface area contributed by atoms with E-state index in [1.807, 2.05) is 0 Å². The molecule has 102 valence electrons. The molecule has 0 radical (unpaired) electrons. The van der Waals surface area contributed by atoms with E-state index in [2.05, 4.69) is 14.9 Å². The third kappa shape index (κ3) is 3.03.